The fraction of sp³-hybridized carbons (Fsp3) is 0.385. The number of anilines is 1. The zero-order valence-corrected chi connectivity index (χ0v) is 12.0. The van der Waals surface area contributed by atoms with Crippen LogP contribution in [0.4, 0.5) is 5.69 Å². The van der Waals surface area contributed by atoms with Gasteiger partial charge in [-0.3, -0.25) is 9.59 Å². The summed E-state index contributed by atoms with van der Waals surface area (Å²) in [5.41, 5.74) is 5.89. The standard InChI is InChI=1S/C13H15N3O4S/c14-9-3-4-11-10(5-9)13(18)16(21(11,19)20)7-12(17)15-6-8-1-2-8/h3-5,8H,1-2,6-7,14H2,(H,15,17). The second kappa shape index (κ2) is 4.73. The highest BCUT2D eigenvalue weighted by molar-refractivity contribution is 7.90. The van der Waals surface area contributed by atoms with Crippen LogP contribution in [0.5, 0.6) is 0 Å². The van der Waals surface area contributed by atoms with Gasteiger partial charge in [0.05, 0.1) is 5.56 Å². The number of nitrogen functional groups attached to an aromatic ring is 1. The minimum Gasteiger partial charge on any atom is -0.399 e. The van der Waals surface area contributed by atoms with E-state index in [1.54, 1.807) is 0 Å². The zero-order valence-electron chi connectivity index (χ0n) is 11.2. The van der Waals surface area contributed by atoms with E-state index in [1.807, 2.05) is 0 Å². The molecule has 0 bridgehead atoms. The van der Waals surface area contributed by atoms with Gasteiger partial charge in [0.1, 0.15) is 11.4 Å². The molecule has 0 radical (unpaired) electrons. The van der Waals surface area contributed by atoms with Gasteiger partial charge in [0, 0.05) is 12.2 Å². The van der Waals surface area contributed by atoms with Gasteiger partial charge < -0.3 is 11.1 Å². The first kappa shape index (κ1) is 13.9. The summed E-state index contributed by atoms with van der Waals surface area (Å²) in [7, 11) is -3.96. The summed E-state index contributed by atoms with van der Waals surface area (Å²) in [6.45, 7) is 0.0310. The highest BCUT2D eigenvalue weighted by Gasteiger charge is 2.42. The number of carbonyl (C=O) groups is 2. The van der Waals surface area contributed by atoms with Crippen molar-refractivity contribution in [1.29, 1.82) is 0 Å². The van der Waals surface area contributed by atoms with E-state index in [-0.39, 0.29) is 10.5 Å². The minimum atomic E-state index is -3.96. The first-order chi connectivity index (χ1) is 9.89. The molecule has 1 aromatic rings. The average Bonchev–Trinajstić information content (AvgIpc) is 3.22. The lowest BCUT2D eigenvalue weighted by Gasteiger charge is -2.14. The number of fused-ring (bicyclic) bond motifs is 1. The first-order valence-electron chi connectivity index (χ1n) is 6.63. The van der Waals surface area contributed by atoms with Crippen LogP contribution in [0.1, 0.15) is 23.2 Å². The number of nitrogens with zero attached hydrogens (tertiary/aromatic N) is 1. The molecule has 2 amide bonds. The van der Waals surface area contributed by atoms with Gasteiger partial charge in [-0.25, -0.2) is 12.7 Å². The van der Waals surface area contributed by atoms with Crippen LogP contribution >= 0.6 is 0 Å². The number of nitrogens with one attached hydrogen (secondary N) is 1. The van der Waals surface area contributed by atoms with Crippen LogP contribution < -0.4 is 11.1 Å². The van der Waals surface area contributed by atoms with Crippen molar-refractivity contribution in [2.75, 3.05) is 18.8 Å². The lowest BCUT2D eigenvalue weighted by molar-refractivity contribution is -0.121. The molecule has 1 saturated carbocycles. The Kier molecular flexibility index (Phi) is 3.12. The molecule has 0 spiro atoms. The van der Waals surface area contributed by atoms with Gasteiger partial charge in [-0.1, -0.05) is 0 Å². The molecule has 3 rings (SSSR count). The van der Waals surface area contributed by atoms with Crippen LogP contribution in [0.15, 0.2) is 23.1 Å². The maximum absolute atomic E-state index is 12.3. The number of hydrogen-bond donors (Lipinski definition) is 2. The summed E-state index contributed by atoms with van der Waals surface area (Å²) in [6, 6.07) is 4.03. The van der Waals surface area contributed by atoms with Crippen molar-refractivity contribution in [2.24, 2.45) is 5.92 Å². The largest absolute Gasteiger partial charge is 0.399 e. The van der Waals surface area contributed by atoms with Crippen molar-refractivity contribution in [3.63, 3.8) is 0 Å². The van der Waals surface area contributed by atoms with E-state index >= 15 is 0 Å². The molecule has 0 aromatic heterocycles. The molecule has 7 nitrogen and oxygen atoms in total. The Morgan fingerprint density at radius 2 is 2.10 bits per heavy atom. The maximum Gasteiger partial charge on any atom is 0.269 e. The molecule has 1 aliphatic carbocycles. The normalized spacial score (nSPS) is 19.4. The number of rotatable bonds is 4. The Labute approximate surface area is 122 Å². The Morgan fingerprint density at radius 1 is 1.38 bits per heavy atom. The summed E-state index contributed by atoms with van der Waals surface area (Å²) in [4.78, 5) is 23.8. The summed E-state index contributed by atoms with van der Waals surface area (Å²) in [6.07, 6.45) is 2.15. The third-order valence-corrected chi connectivity index (χ3v) is 5.39. The molecule has 1 aromatic carbocycles. The molecule has 0 unspecified atom stereocenters. The molecule has 112 valence electrons. The van der Waals surface area contributed by atoms with E-state index in [4.69, 9.17) is 5.73 Å². The van der Waals surface area contributed by atoms with Crippen molar-refractivity contribution >= 4 is 27.5 Å². The Balaban J connectivity index is 1.80. The highest BCUT2D eigenvalue weighted by atomic mass is 32.2. The van der Waals surface area contributed by atoms with Crippen LogP contribution in [0, 0.1) is 5.92 Å². The summed E-state index contributed by atoms with van der Waals surface area (Å²) < 4.78 is 25.1. The molecule has 1 fully saturated rings. The van der Waals surface area contributed by atoms with Crippen molar-refractivity contribution in [1.82, 2.24) is 9.62 Å². The van der Waals surface area contributed by atoms with Crippen LogP contribution in [0.2, 0.25) is 0 Å². The third kappa shape index (κ3) is 2.46. The van der Waals surface area contributed by atoms with Crippen LogP contribution in [0.3, 0.4) is 0 Å². The summed E-state index contributed by atoms with van der Waals surface area (Å²) in [5.74, 6) is -0.699. The predicted molar refractivity (Wildman–Crippen MR) is 74.8 cm³/mol. The van der Waals surface area contributed by atoms with Gasteiger partial charge in [0.15, 0.2) is 0 Å². The van der Waals surface area contributed by atoms with Crippen LogP contribution in [-0.4, -0.2) is 37.6 Å². The lowest BCUT2D eigenvalue weighted by atomic mass is 10.2. The molecular formula is C13H15N3O4S. The van der Waals surface area contributed by atoms with E-state index < -0.39 is 28.4 Å². The summed E-state index contributed by atoms with van der Waals surface area (Å²) in [5, 5.41) is 2.65. The van der Waals surface area contributed by atoms with Crippen molar-refractivity contribution < 1.29 is 18.0 Å². The topological polar surface area (TPSA) is 110 Å². The van der Waals surface area contributed by atoms with Crippen molar-refractivity contribution in [3.05, 3.63) is 23.8 Å². The second-order valence-corrected chi connectivity index (χ2v) is 7.15. The van der Waals surface area contributed by atoms with Crippen LogP contribution in [0.25, 0.3) is 0 Å². The number of benzene rings is 1. The molecular weight excluding hydrogens is 294 g/mol. The fourth-order valence-corrected chi connectivity index (χ4v) is 3.73. The predicted octanol–water partition coefficient (Wildman–Crippen LogP) is -0.0605. The maximum atomic E-state index is 12.3. The van der Waals surface area contributed by atoms with Crippen LogP contribution in [-0.2, 0) is 14.8 Å². The van der Waals surface area contributed by atoms with Gasteiger partial charge in [0.25, 0.3) is 15.9 Å². The Morgan fingerprint density at radius 3 is 2.76 bits per heavy atom. The third-order valence-electron chi connectivity index (χ3n) is 3.60. The van der Waals surface area contributed by atoms with Gasteiger partial charge in [-0.05, 0) is 37.0 Å². The van der Waals surface area contributed by atoms with Crippen molar-refractivity contribution in [2.45, 2.75) is 17.7 Å². The monoisotopic (exact) mass is 309 g/mol. The Hall–Kier alpha value is -2.09. The van der Waals surface area contributed by atoms with E-state index in [0.29, 0.717) is 22.5 Å². The smallest absolute Gasteiger partial charge is 0.269 e. The number of nitrogens with two attached hydrogens (primary N) is 1. The molecule has 21 heavy (non-hydrogen) atoms. The average molecular weight is 309 g/mol. The molecule has 1 heterocycles. The molecule has 2 aliphatic rings. The molecule has 8 heteroatoms. The van der Waals surface area contributed by atoms with Crippen molar-refractivity contribution in [3.8, 4) is 0 Å². The summed E-state index contributed by atoms with van der Waals surface area (Å²) >= 11 is 0. The SMILES string of the molecule is Nc1ccc2c(c1)C(=O)N(CC(=O)NCC1CC1)S2(=O)=O. The number of carbonyl (C=O) groups excluding carboxylic acids is 2. The molecule has 0 atom stereocenters. The fourth-order valence-electron chi connectivity index (χ4n) is 2.23. The second-order valence-electron chi connectivity index (χ2n) is 5.32. The van der Waals surface area contributed by atoms with E-state index in [9.17, 15) is 18.0 Å². The van der Waals surface area contributed by atoms with Gasteiger partial charge in [-0.2, -0.15) is 0 Å². The highest BCUT2D eigenvalue weighted by Crippen LogP contribution is 2.31. The quantitative estimate of drug-likeness (QED) is 0.757. The van der Waals surface area contributed by atoms with E-state index in [0.717, 1.165) is 12.8 Å². The first-order valence-corrected chi connectivity index (χ1v) is 8.07. The van der Waals surface area contributed by atoms with Gasteiger partial charge in [0.2, 0.25) is 5.91 Å². The molecule has 0 saturated heterocycles. The van der Waals surface area contributed by atoms with Gasteiger partial charge >= 0.3 is 0 Å². The number of sulfonamides is 1. The Bertz CT molecular complexity index is 725. The van der Waals surface area contributed by atoms with E-state index in [1.165, 1.54) is 18.2 Å². The molecule has 3 N–H and O–H groups in total. The van der Waals surface area contributed by atoms with Gasteiger partial charge in [-0.15, -0.1) is 0 Å². The minimum absolute atomic E-state index is 0.0185. The number of hydrogen-bond acceptors (Lipinski definition) is 5. The van der Waals surface area contributed by atoms with E-state index in [2.05, 4.69) is 5.32 Å². The number of amides is 2. The lowest BCUT2D eigenvalue weighted by Crippen LogP contribution is -2.40. The molecule has 1 aliphatic heterocycles. The zero-order chi connectivity index (χ0) is 15.2.